The van der Waals surface area contributed by atoms with Crippen LogP contribution in [0.15, 0.2) is 12.1 Å². The van der Waals surface area contributed by atoms with Crippen molar-refractivity contribution in [1.82, 2.24) is 0 Å². The van der Waals surface area contributed by atoms with E-state index in [1.54, 1.807) is 0 Å². The molecule has 2 unspecified atom stereocenters. The number of aryl methyl sites for hydroxylation is 2. The Labute approximate surface area is 126 Å². The van der Waals surface area contributed by atoms with E-state index in [0.717, 1.165) is 22.9 Å². The van der Waals surface area contributed by atoms with E-state index >= 15 is 0 Å². The molecule has 1 rings (SSSR count). The maximum absolute atomic E-state index is 12.5. The van der Waals surface area contributed by atoms with E-state index in [9.17, 15) is 4.79 Å². The summed E-state index contributed by atoms with van der Waals surface area (Å²) < 4.78 is 0. The Kier molecular flexibility index (Phi) is 5.95. The van der Waals surface area contributed by atoms with Crippen LogP contribution in [0.3, 0.4) is 0 Å². The molecule has 2 heteroatoms. The second-order valence-corrected chi connectivity index (χ2v) is 8.50. The molecule has 20 heavy (non-hydrogen) atoms. The van der Waals surface area contributed by atoms with Gasteiger partial charge in [0.2, 0.25) is 0 Å². The van der Waals surface area contributed by atoms with Gasteiger partial charge in [-0.15, -0.1) is 0 Å². The fraction of sp³-hybridized carbons (Fsp3) is 0.611. The van der Waals surface area contributed by atoms with E-state index in [4.69, 9.17) is 0 Å². The van der Waals surface area contributed by atoms with Crippen LogP contribution in [-0.2, 0) is 0 Å². The fourth-order valence-electron chi connectivity index (χ4n) is 2.77. The van der Waals surface area contributed by atoms with Gasteiger partial charge in [0.25, 0.3) is 0 Å². The summed E-state index contributed by atoms with van der Waals surface area (Å²) in [6, 6.07) is 4.17. The first-order valence-electron chi connectivity index (χ1n) is 7.47. The molecule has 2 atom stereocenters. The summed E-state index contributed by atoms with van der Waals surface area (Å²) in [6.45, 7) is 15.3. The monoisotopic (exact) mass is 292 g/mol. The van der Waals surface area contributed by atoms with Crippen LogP contribution in [0.1, 0.15) is 61.2 Å². The van der Waals surface area contributed by atoms with Crippen LogP contribution in [0.25, 0.3) is 0 Å². The summed E-state index contributed by atoms with van der Waals surface area (Å²) in [5, 5.41) is 0. The zero-order valence-electron chi connectivity index (χ0n) is 14.1. The number of hydrogen-bond donors (Lipinski definition) is 0. The van der Waals surface area contributed by atoms with Crippen molar-refractivity contribution in [2.24, 2.45) is 11.3 Å². The molecular formula is C18H29OP. The van der Waals surface area contributed by atoms with Crippen molar-refractivity contribution in [2.75, 3.05) is 6.16 Å². The molecule has 0 saturated heterocycles. The summed E-state index contributed by atoms with van der Waals surface area (Å²) in [4.78, 5) is 12.5. The van der Waals surface area contributed by atoms with Gasteiger partial charge in [0.15, 0.2) is 5.52 Å². The summed E-state index contributed by atoms with van der Waals surface area (Å²) in [5.74, 6) is 0.614. The molecule has 0 amide bonds. The second kappa shape index (κ2) is 6.85. The van der Waals surface area contributed by atoms with Crippen LogP contribution in [0.4, 0.5) is 0 Å². The molecule has 1 nitrogen and oxygen atoms in total. The Morgan fingerprint density at radius 2 is 1.70 bits per heavy atom. The lowest BCUT2D eigenvalue weighted by molar-refractivity contribution is 0.108. The normalized spacial score (nSPS) is 13.9. The lowest BCUT2D eigenvalue weighted by Gasteiger charge is -2.23. The van der Waals surface area contributed by atoms with Crippen molar-refractivity contribution >= 4 is 14.1 Å². The molecule has 0 bridgehead atoms. The van der Waals surface area contributed by atoms with Crippen LogP contribution in [0.2, 0.25) is 0 Å². The van der Waals surface area contributed by atoms with E-state index in [1.807, 2.05) is 6.92 Å². The van der Waals surface area contributed by atoms with Gasteiger partial charge in [-0.25, -0.2) is 0 Å². The maximum atomic E-state index is 12.5. The van der Waals surface area contributed by atoms with Crippen molar-refractivity contribution in [1.29, 1.82) is 0 Å². The molecule has 0 saturated carbocycles. The third kappa shape index (κ3) is 5.02. The summed E-state index contributed by atoms with van der Waals surface area (Å²) in [6.07, 6.45) is 2.20. The molecule has 0 N–H and O–H groups in total. The molecular weight excluding hydrogens is 263 g/mol. The third-order valence-corrected chi connectivity index (χ3v) is 5.22. The van der Waals surface area contributed by atoms with Crippen molar-refractivity contribution in [3.8, 4) is 0 Å². The molecule has 112 valence electrons. The van der Waals surface area contributed by atoms with Crippen molar-refractivity contribution in [2.45, 2.75) is 54.9 Å². The maximum Gasteiger partial charge on any atom is 0.181 e. The Morgan fingerprint density at radius 3 is 2.25 bits per heavy atom. The predicted octanol–water partition coefficient (Wildman–Crippen LogP) is 5.50. The number of benzene rings is 1. The Hall–Kier alpha value is -0.680. The van der Waals surface area contributed by atoms with Crippen LogP contribution in [0, 0.1) is 32.1 Å². The van der Waals surface area contributed by atoms with E-state index in [1.165, 1.54) is 12.0 Å². The van der Waals surface area contributed by atoms with Crippen LogP contribution in [0.5, 0.6) is 0 Å². The Bertz CT molecular complexity index is 483. The highest BCUT2D eigenvalue weighted by molar-refractivity contribution is 7.58. The Morgan fingerprint density at radius 1 is 1.15 bits per heavy atom. The van der Waals surface area contributed by atoms with Gasteiger partial charge in [-0.05, 0) is 70.0 Å². The molecule has 0 aliphatic heterocycles. The number of carbonyl (C=O) groups is 1. The number of carbonyl (C=O) groups excluding carboxylic acids is 1. The van der Waals surface area contributed by atoms with Gasteiger partial charge < -0.3 is 0 Å². The van der Waals surface area contributed by atoms with E-state index in [0.29, 0.717) is 25.4 Å². The minimum Gasteiger partial charge on any atom is -0.289 e. The lowest BCUT2D eigenvalue weighted by Crippen LogP contribution is -2.13. The van der Waals surface area contributed by atoms with Crippen LogP contribution < -0.4 is 0 Å². The molecule has 0 aromatic heterocycles. The smallest absolute Gasteiger partial charge is 0.181 e. The van der Waals surface area contributed by atoms with Gasteiger partial charge >= 0.3 is 0 Å². The summed E-state index contributed by atoms with van der Waals surface area (Å²) in [5.41, 5.74) is 5.14. The predicted molar refractivity (Wildman–Crippen MR) is 91.4 cm³/mol. The minimum atomic E-state index is 0.337. The van der Waals surface area contributed by atoms with E-state index in [2.05, 4.69) is 53.7 Å². The highest BCUT2D eigenvalue weighted by Crippen LogP contribution is 2.31. The van der Waals surface area contributed by atoms with Crippen LogP contribution in [-0.4, -0.2) is 11.7 Å². The molecule has 0 aliphatic carbocycles. The largest absolute Gasteiger partial charge is 0.289 e. The topological polar surface area (TPSA) is 17.1 Å². The summed E-state index contributed by atoms with van der Waals surface area (Å²) >= 11 is 0. The molecule has 0 aliphatic rings. The first-order valence-corrected chi connectivity index (χ1v) is 8.67. The van der Waals surface area contributed by atoms with Crippen molar-refractivity contribution in [3.63, 3.8) is 0 Å². The van der Waals surface area contributed by atoms with Gasteiger partial charge in [-0.2, -0.15) is 0 Å². The zero-order valence-corrected chi connectivity index (χ0v) is 15.1. The standard InChI is InChI=1S/C18H29OP/c1-12(10-18(5,6)7)11-20-17(19)16-14(3)9-8-13(2)15(16)4/h8-9,12,20H,10-11H2,1-7H3. The average molecular weight is 292 g/mol. The quantitative estimate of drug-likeness (QED) is 0.655. The van der Waals surface area contributed by atoms with Crippen molar-refractivity contribution in [3.05, 3.63) is 34.4 Å². The van der Waals surface area contributed by atoms with Gasteiger partial charge in [-0.1, -0.05) is 39.8 Å². The van der Waals surface area contributed by atoms with Gasteiger partial charge in [0.1, 0.15) is 0 Å². The molecule has 0 radical (unpaired) electrons. The SMILES string of the molecule is Cc1ccc(C)c(C(=O)PCC(C)CC(C)(C)C)c1C. The second-order valence-electron chi connectivity index (χ2n) is 7.28. The Balaban J connectivity index is 2.71. The lowest BCUT2D eigenvalue weighted by atomic mass is 9.86. The molecule has 1 aromatic carbocycles. The highest BCUT2D eigenvalue weighted by Gasteiger charge is 2.18. The van der Waals surface area contributed by atoms with E-state index in [-0.39, 0.29) is 0 Å². The fourth-order valence-corrected chi connectivity index (χ4v) is 4.01. The zero-order chi connectivity index (χ0) is 15.5. The van der Waals surface area contributed by atoms with Crippen molar-refractivity contribution < 1.29 is 4.79 Å². The van der Waals surface area contributed by atoms with Crippen LogP contribution >= 0.6 is 8.58 Å². The average Bonchev–Trinajstić information content (AvgIpc) is 2.30. The molecule has 0 spiro atoms. The highest BCUT2D eigenvalue weighted by atomic mass is 31.1. The van der Waals surface area contributed by atoms with Gasteiger partial charge in [-0.3, -0.25) is 4.79 Å². The third-order valence-electron chi connectivity index (χ3n) is 3.74. The first-order chi connectivity index (χ1) is 9.11. The first kappa shape index (κ1) is 17.4. The van der Waals surface area contributed by atoms with Gasteiger partial charge in [0, 0.05) is 5.56 Å². The molecule has 0 heterocycles. The number of hydrogen-bond acceptors (Lipinski definition) is 1. The molecule has 0 fully saturated rings. The minimum absolute atomic E-state index is 0.337. The van der Waals surface area contributed by atoms with E-state index < -0.39 is 0 Å². The molecule has 1 aromatic rings. The summed E-state index contributed by atoms with van der Waals surface area (Å²) in [7, 11) is 0.400. The van der Waals surface area contributed by atoms with Gasteiger partial charge in [0.05, 0.1) is 0 Å². The number of rotatable bonds is 5.